The maximum absolute atomic E-state index is 12.8. The quantitative estimate of drug-likeness (QED) is 0.312. The van der Waals surface area contributed by atoms with Crippen molar-refractivity contribution in [1.82, 2.24) is 5.32 Å². The number of carbonyl (C=O) groups excluding carboxylic acids is 2. The molecule has 0 fully saturated rings. The molecule has 8 nitrogen and oxygen atoms in total. The predicted molar refractivity (Wildman–Crippen MR) is 105 cm³/mol. The van der Waals surface area contributed by atoms with Crippen molar-refractivity contribution in [3.05, 3.63) is 57.6 Å². The number of esters is 2. The lowest BCUT2D eigenvalue weighted by Crippen LogP contribution is -2.99. The molecule has 0 spiro atoms. The molecule has 1 aliphatic heterocycles. The first kappa shape index (κ1) is 22.4. The smallest absolute Gasteiger partial charge is 0.336 e. The molecule has 152 valence electrons. The number of allylic oxidation sites excluding steroid dienone is 2. The van der Waals surface area contributed by atoms with Gasteiger partial charge in [0.2, 0.25) is 0 Å². The highest BCUT2D eigenvalue weighted by Crippen LogP contribution is 2.40. The Labute approximate surface area is 175 Å². The van der Waals surface area contributed by atoms with Gasteiger partial charge in [-0.05, 0) is 12.5 Å². The molecule has 1 aliphatic rings. The average Bonchev–Trinajstić information content (AvgIpc) is 2.70. The number of alkyl halides is 2. The molecular weight excluding hydrogens is 456 g/mol. The number of carbonyl (C=O) groups is 2. The Hall–Kier alpha value is -1.91. The summed E-state index contributed by atoms with van der Waals surface area (Å²) in [5, 5.41) is 22.9. The second-order valence-electron chi connectivity index (χ2n) is 5.87. The zero-order valence-electron chi connectivity index (χ0n) is 15.3. The average molecular weight is 476 g/mol. The van der Waals surface area contributed by atoms with E-state index in [0.29, 0.717) is 22.3 Å². The van der Waals surface area contributed by atoms with Crippen LogP contribution in [0.25, 0.3) is 0 Å². The maximum Gasteiger partial charge on any atom is 0.336 e. The van der Waals surface area contributed by atoms with Gasteiger partial charge in [0.1, 0.15) is 6.61 Å². The van der Waals surface area contributed by atoms with Crippen molar-refractivity contribution in [1.29, 1.82) is 0 Å². The highest BCUT2D eigenvalue weighted by Gasteiger charge is 2.38. The highest BCUT2D eigenvalue weighted by molar-refractivity contribution is 9.09. The summed E-state index contributed by atoms with van der Waals surface area (Å²) in [6.45, 7) is 1.68. The van der Waals surface area contributed by atoms with Gasteiger partial charge < -0.3 is 20.0 Å². The Kier molecular flexibility index (Phi) is 8.02. The summed E-state index contributed by atoms with van der Waals surface area (Å²) in [5.41, 5.74) is 1.89. The van der Waals surface area contributed by atoms with Crippen molar-refractivity contribution >= 4 is 45.2 Å². The van der Waals surface area contributed by atoms with E-state index >= 15 is 0 Å². The van der Waals surface area contributed by atoms with Crippen molar-refractivity contribution in [3.8, 4) is 0 Å². The number of rotatable bonds is 7. The largest absolute Gasteiger partial charge is 0.595 e. The van der Waals surface area contributed by atoms with E-state index < -0.39 is 23.1 Å². The molecule has 10 heteroatoms. The summed E-state index contributed by atoms with van der Waals surface area (Å²) in [5.74, 6) is -2.02. The minimum Gasteiger partial charge on any atom is -0.595 e. The molecule has 0 amide bonds. The summed E-state index contributed by atoms with van der Waals surface area (Å²) in [4.78, 5) is 25.3. The van der Waals surface area contributed by atoms with Crippen LogP contribution in [0.5, 0.6) is 0 Å². The first-order valence-electron chi connectivity index (χ1n) is 8.27. The number of hydrogen-bond acceptors (Lipinski definition) is 7. The maximum atomic E-state index is 12.8. The van der Waals surface area contributed by atoms with Gasteiger partial charge in [-0.1, -0.05) is 28.1 Å². The number of hydrogen-bond donors (Lipinski definition) is 3. The Bertz CT molecular complexity index is 824. The van der Waals surface area contributed by atoms with E-state index in [9.17, 15) is 20.0 Å². The number of dihydropyridines is 1. The van der Waals surface area contributed by atoms with Gasteiger partial charge in [-0.2, -0.15) is 5.23 Å². The summed E-state index contributed by atoms with van der Waals surface area (Å²) in [6.07, 6.45) is 0. The van der Waals surface area contributed by atoms with E-state index in [1.54, 1.807) is 19.1 Å². The predicted octanol–water partition coefficient (Wildman–Crippen LogP) is 1.65. The van der Waals surface area contributed by atoms with Crippen molar-refractivity contribution in [2.45, 2.75) is 12.8 Å². The molecule has 0 aromatic heterocycles. The van der Waals surface area contributed by atoms with Crippen LogP contribution < -0.4 is 10.5 Å². The first-order chi connectivity index (χ1) is 13.3. The number of quaternary nitrogens is 1. The molecule has 0 aliphatic carbocycles. The van der Waals surface area contributed by atoms with Gasteiger partial charge in [0.15, 0.2) is 5.69 Å². The second kappa shape index (κ2) is 10.0. The summed E-state index contributed by atoms with van der Waals surface area (Å²) >= 11 is 8.96. The number of methoxy groups -OCH3 is 1. The van der Waals surface area contributed by atoms with Gasteiger partial charge in [-0.3, -0.25) is 0 Å². The standard InChI is InChI=1S/C18H20BrClN2O6/c1-10-14(17(23)27-2)15(11-4-3-5-12(8-11)22(25)26)16(13(9-19)21-10)18(24)28-7-6-20/h3-5,8,15,21-22,25H,6-7,9H2,1-2H3/t15-/m0/s1. The van der Waals surface area contributed by atoms with Crippen molar-refractivity contribution < 1.29 is 29.5 Å². The lowest BCUT2D eigenvalue weighted by atomic mass is 9.80. The van der Waals surface area contributed by atoms with Crippen molar-refractivity contribution in [2.75, 3.05) is 24.9 Å². The molecule has 1 heterocycles. The van der Waals surface area contributed by atoms with Gasteiger partial charge in [0, 0.05) is 28.9 Å². The van der Waals surface area contributed by atoms with Crippen LogP contribution in [0, 0.1) is 5.21 Å². The molecule has 0 bridgehead atoms. The Morgan fingerprint density at radius 2 is 2.07 bits per heavy atom. The fraction of sp³-hybridized carbons (Fsp3) is 0.333. The van der Waals surface area contributed by atoms with E-state index in [2.05, 4.69) is 21.2 Å². The van der Waals surface area contributed by atoms with Crippen molar-refractivity contribution in [2.24, 2.45) is 0 Å². The van der Waals surface area contributed by atoms with Crippen LogP contribution in [0.4, 0.5) is 5.69 Å². The highest BCUT2D eigenvalue weighted by atomic mass is 79.9. The van der Waals surface area contributed by atoms with Crippen LogP contribution in [-0.2, 0) is 19.1 Å². The lowest BCUT2D eigenvalue weighted by molar-refractivity contribution is -0.991. The molecule has 0 saturated carbocycles. The van der Waals surface area contributed by atoms with Crippen molar-refractivity contribution in [3.63, 3.8) is 0 Å². The fourth-order valence-corrected chi connectivity index (χ4v) is 3.54. The molecule has 0 radical (unpaired) electrons. The number of halogens is 2. The summed E-state index contributed by atoms with van der Waals surface area (Å²) in [7, 11) is 1.24. The molecular formula is C18H20BrClN2O6. The monoisotopic (exact) mass is 474 g/mol. The van der Waals surface area contributed by atoms with Gasteiger partial charge in [-0.25, -0.2) is 14.8 Å². The Morgan fingerprint density at radius 1 is 1.36 bits per heavy atom. The first-order valence-corrected chi connectivity index (χ1v) is 9.92. The third-order valence-corrected chi connectivity index (χ3v) is 4.90. The zero-order valence-corrected chi connectivity index (χ0v) is 17.6. The zero-order chi connectivity index (χ0) is 20.8. The SMILES string of the molecule is COC(=O)C1=C(C)NC(CBr)=C(C(=O)OCCCl)[C@H]1c1cccc([NH+]([O-])O)c1. The number of nitrogens with one attached hydrogen (secondary N) is 2. The van der Waals surface area contributed by atoms with E-state index in [-0.39, 0.29) is 29.3 Å². The normalized spacial score (nSPS) is 17.9. The van der Waals surface area contributed by atoms with Gasteiger partial charge >= 0.3 is 11.9 Å². The summed E-state index contributed by atoms with van der Waals surface area (Å²) in [6, 6.07) is 6.07. The molecule has 2 rings (SSSR count). The minimum atomic E-state index is -1.12. The lowest BCUT2D eigenvalue weighted by Gasteiger charge is -2.31. The van der Waals surface area contributed by atoms with E-state index in [0.717, 1.165) is 0 Å². The third-order valence-electron chi connectivity index (χ3n) is 4.18. The molecule has 3 N–H and O–H groups in total. The van der Waals surface area contributed by atoms with Crippen LogP contribution in [-0.4, -0.2) is 42.1 Å². The van der Waals surface area contributed by atoms with Crippen LogP contribution >= 0.6 is 27.5 Å². The fourth-order valence-electron chi connectivity index (χ4n) is 3.02. The molecule has 1 aromatic rings. The van der Waals surface area contributed by atoms with Crippen LogP contribution in [0.2, 0.25) is 0 Å². The van der Waals surface area contributed by atoms with Gasteiger partial charge in [0.25, 0.3) is 0 Å². The molecule has 1 unspecified atom stereocenters. The van der Waals surface area contributed by atoms with E-state index in [1.807, 2.05) is 0 Å². The summed E-state index contributed by atoms with van der Waals surface area (Å²) < 4.78 is 10.1. The van der Waals surface area contributed by atoms with E-state index in [1.165, 1.54) is 19.2 Å². The van der Waals surface area contributed by atoms with Crippen LogP contribution in [0.15, 0.2) is 46.8 Å². The Morgan fingerprint density at radius 3 is 2.64 bits per heavy atom. The van der Waals surface area contributed by atoms with Crippen LogP contribution in [0.3, 0.4) is 0 Å². The topological polar surface area (TPSA) is 112 Å². The van der Waals surface area contributed by atoms with Gasteiger partial charge in [0.05, 0.1) is 30.1 Å². The van der Waals surface area contributed by atoms with Crippen LogP contribution in [0.1, 0.15) is 18.4 Å². The molecule has 0 saturated heterocycles. The minimum absolute atomic E-state index is 0.00239. The number of benzene rings is 1. The van der Waals surface area contributed by atoms with Gasteiger partial charge in [-0.15, -0.1) is 11.6 Å². The number of ether oxygens (including phenoxy) is 2. The third kappa shape index (κ3) is 4.73. The van der Waals surface area contributed by atoms with E-state index in [4.69, 9.17) is 21.1 Å². The molecule has 2 atom stereocenters. The molecule has 28 heavy (non-hydrogen) atoms. The Balaban J connectivity index is 2.69. The molecule has 1 aromatic carbocycles. The second-order valence-corrected chi connectivity index (χ2v) is 6.81.